The molecule has 0 bridgehead atoms. The lowest BCUT2D eigenvalue weighted by Crippen LogP contribution is -2.41. The van der Waals surface area contributed by atoms with Gasteiger partial charge < -0.3 is 24.4 Å². The van der Waals surface area contributed by atoms with Crippen LogP contribution in [0, 0.1) is 5.92 Å². The highest BCUT2D eigenvalue weighted by Crippen LogP contribution is 2.40. The summed E-state index contributed by atoms with van der Waals surface area (Å²) in [5.74, 6) is 0.958. The number of carbonyl (C=O) groups excluding carboxylic acids is 2. The van der Waals surface area contributed by atoms with Crippen molar-refractivity contribution in [1.29, 1.82) is 0 Å². The first-order chi connectivity index (χ1) is 14.1. The third-order valence-corrected chi connectivity index (χ3v) is 5.13. The van der Waals surface area contributed by atoms with E-state index in [4.69, 9.17) is 14.2 Å². The number of likely N-dealkylation sites (tertiary alicyclic amines) is 1. The Kier molecular flexibility index (Phi) is 6.59. The Hall–Kier alpha value is -3.22. The zero-order valence-electron chi connectivity index (χ0n) is 16.9. The van der Waals surface area contributed by atoms with Crippen molar-refractivity contribution >= 4 is 17.5 Å². The molecule has 0 radical (unpaired) electrons. The molecule has 1 aliphatic rings. The van der Waals surface area contributed by atoms with Gasteiger partial charge in [0.2, 0.25) is 11.7 Å². The maximum atomic E-state index is 13.1. The molecule has 2 amide bonds. The highest BCUT2D eigenvalue weighted by molar-refractivity contribution is 5.98. The van der Waals surface area contributed by atoms with Gasteiger partial charge in [-0.3, -0.25) is 9.59 Å². The highest BCUT2D eigenvalue weighted by atomic mass is 16.5. The molecular weight excluding hydrogens is 372 g/mol. The first-order valence-electron chi connectivity index (χ1n) is 9.53. The van der Waals surface area contributed by atoms with Crippen LogP contribution >= 0.6 is 0 Å². The Morgan fingerprint density at radius 1 is 0.897 bits per heavy atom. The molecule has 7 nitrogen and oxygen atoms in total. The summed E-state index contributed by atoms with van der Waals surface area (Å²) in [7, 11) is 4.53. The topological polar surface area (TPSA) is 77.1 Å². The van der Waals surface area contributed by atoms with Crippen molar-refractivity contribution in [1.82, 2.24) is 4.90 Å². The van der Waals surface area contributed by atoms with E-state index in [0.29, 0.717) is 48.7 Å². The van der Waals surface area contributed by atoms with Crippen molar-refractivity contribution in [2.45, 2.75) is 12.8 Å². The molecule has 0 spiro atoms. The van der Waals surface area contributed by atoms with E-state index in [1.165, 1.54) is 21.3 Å². The lowest BCUT2D eigenvalue weighted by Gasteiger charge is -2.32. The van der Waals surface area contributed by atoms with Gasteiger partial charge in [-0.15, -0.1) is 0 Å². The molecule has 29 heavy (non-hydrogen) atoms. The molecule has 3 rings (SSSR count). The molecule has 0 aliphatic carbocycles. The van der Waals surface area contributed by atoms with E-state index in [1.807, 2.05) is 30.3 Å². The molecule has 2 aromatic rings. The minimum Gasteiger partial charge on any atom is -0.493 e. The molecule has 1 N–H and O–H groups in total. The van der Waals surface area contributed by atoms with Crippen LogP contribution in [-0.4, -0.2) is 51.1 Å². The molecule has 1 heterocycles. The number of piperidine rings is 1. The largest absolute Gasteiger partial charge is 0.493 e. The van der Waals surface area contributed by atoms with Gasteiger partial charge in [-0.2, -0.15) is 0 Å². The molecule has 1 aliphatic heterocycles. The van der Waals surface area contributed by atoms with Crippen LogP contribution in [0.3, 0.4) is 0 Å². The van der Waals surface area contributed by atoms with Crippen LogP contribution in [0.15, 0.2) is 42.5 Å². The Labute approximate surface area is 170 Å². The number of methoxy groups -OCH3 is 3. The number of para-hydroxylation sites is 1. The molecule has 0 saturated carbocycles. The number of nitrogens with zero attached hydrogens (tertiary/aromatic N) is 1. The average Bonchev–Trinajstić information content (AvgIpc) is 2.78. The number of benzene rings is 2. The van der Waals surface area contributed by atoms with Crippen molar-refractivity contribution in [3.05, 3.63) is 48.0 Å². The molecule has 1 saturated heterocycles. The summed E-state index contributed by atoms with van der Waals surface area (Å²) in [5.41, 5.74) is 1.20. The summed E-state index contributed by atoms with van der Waals surface area (Å²) >= 11 is 0. The fourth-order valence-electron chi connectivity index (χ4n) is 3.55. The van der Waals surface area contributed by atoms with Gasteiger partial charge in [0.05, 0.1) is 26.9 Å². The predicted molar refractivity (Wildman–Crippen MR) is 110 cm³/mol. The Morgan fingerprint density at radius 3 is 2.14 bits per heavy atom. The van der Waals surface area contributed by atoms with E-state index in [9.17, 15) is 9.59 Å². The zero-order chi connectivity index (χ0) is 20.8. The molecule has 2 aromatic carbocycles. The van der Waals surface area contributed by atoms with Crippen LogP contribution in [0.5, 0.6) is 17.2 Å². The molecule has 0 aromatic heterocycles. The number of hydrogen-bond donors (Lipinski definition) is 1. The van der Waals surface area contributed by atoms with Crippen LogP contribution in [0.25, 0.3) is 0 Å². The molecule has 154 valence electrons. The third-order valence-electron chi connectivity index (χ3n) is 5.13. The van der Waals surface area contributed by atoms with Crippen molar-refractivity contribution in [2.75, 3.05) is 39.7 Å². The highest BCUT2D eigenvalue weighted by Gasteiger charge is 2.30. The predicted octanol–water partition coefficient (Wildman–Crippen LogP) is 3.20. The van der Waals surface area contributed by atoms with Crippen LogP contribution in [0.2, 0.25) is 0 Å². The fraction of sp³-hybridized carbons (Fsp3) is 0.364. The lowest BCUT2D eigenvalue weighted by molar-refractivity contribution is -0.121. The van der Waals surface area contributed by atoms with E-state index in [2.05, 4.69) is 5.32 Å². The van der Waals surface area contributed by atoms with Gasteiger partial charge in [0.1, 0.15) is 0 Å². The van der Waals surface area contributed by atoms with E-state index < -0.39 is 0 Å². The van der Waals surface area contributed by atoms with Crippen molar-refractivity contribution in [3.63, 3.8) is 0 Å². The smallest absolute Gasteiger partial charge is 0.257 e. The maximum absolute atomic E-state index is 13.1. The number of hydrogen-bond acceptors (Lipinski definition) is 5. The molecule has 0 unspecified atom stereocenters. The minimum atomic E-state index is -0.148. The fourth-order valence-corrected chi connectivity index (χ4v) is 3.55. The second-order valence-electron chi connectivity index (χ2n) is 6.80. The lowest BCUT2D eigenvalue weighted by atomic mass is 9.95. The van der Waals surface area contributed by atoms with E-state index in [1.54, 1.807) is 17.0 Å². The van der Waals surface area contributed by atoms with Crippen LogP contribution in [-0.2, 0) is 4.79 Å². The Morgan fingerprint density at radius 2 is 1.55 bits per heavy atom. The summed E-state index contributed by atoms with van der Waals surface area (Å²) in [6.07, 6.45) is 1.22. The number of carbonyl (C=O) groups is 2. The minimum absolute atomic E-state index is 0.00741. The van der Waals surface area contributed by atoms with E-state index in [-0.39, 0.29) is 17.7 Å². The molecule has 0 atom stereocenters. The van der Waals surface area contributed by atoms with Gasteiger partial charge in [0.25, 0.3) is 5.91 Å². The van der Waals surface area contributed by atoms with Gasteiger partial charge in [0, 0.05) is 24.7 Å². The SMILES string of the molecule is COc1ccc(C(=O)N2CCC(C(=O)Nc3ccccc3)CC2)c(OC)c1OC. The number of rotatable bonds is 6. The van der Waals surface area contributed by atoms with Crippen molar-refractivity contribution in [3.8, 4) is 17.2 Å². The summed E-state index contributed by atoms with van der Waals surface area (Å²) in [6.45, 7) is 1.01. The van der Waals surface area contributed by atoms with E-state index >= 15 is 0 Å². The Balaban J connectivity index is 1.66. The zero-order valence-corrected chi connectivity index (χ0v) is 16.9. The maximum Gasteiger partial charge on any atom is 0.257 e. The monoisotopic (exact) mass is 398 g/mol. The summed E-state index contributed by atoms with van der Waals surface area (Å²) in [5, 5.41) is 2.94. The van der Waals surface area contributed by atoms with Gasteiger partial charge in [0.15, 0.2) is 11.5 Å². The average molecular weight is 398 g/mol. The van der Waals surface area contributed by atoms with Gasteiger partial charge >= 0.3 is 0 Å². The summed E-state index contributed by atoms with van der Waals surface area (Å²) in [4.78, 5) is 27.3. The van der Waals surface area contributed by atoms with Crippen LogP contribution in [0.4, 0.5) is 5.69 Å². The second-order valence-corrected chi connectivity index (χ2v) is 6.80. The van der Waals surface area contributed by atoms with E-state index in [0.717, 1.165) is 5.69 Å². The number of nitrogens with one attached hydrogen (secondary N) is 1. The number of ether oxygens (including phenoxy) is 3. The number of amides is 2. The second kappa shape index (κ2) is 9.32. The number of anilines is 1. The summed E-state index contributed by atoms with van der Waals surface area (Å²) in [6, 6.07) is 12.8. The quantitative estimate of drug-likeness (QED) is 0.809. The first kappa shape index (κ1) is 20.5. The molecule has 1 fully saturated rings. The standard InChI is InChI=1S/C22H26N2O5/c1-27-18-10-9-17(19(28-2)20(18)29-3)22(26)24-13-11-15(12-14-24)21(25)23-16-7-5-4-6-8-16/h4-10,15H,11-14H2,1-3H3,(H,23,25). The van der Waals surface area contributed by atoms with Gasteiger partial charge in [-0.25, -0.2) is 0 Å². The van der Waals surface area contributed by atoms with Gasteiger partial charge in [-0.1, -0.05) is 18.2 Å². The third kappa shape index (κ3) is 4.45. The van der Waals surface area contributed by atoms with Gasteiger partial charge in [-0.05, 0) is 37.1 Å². The Bertz CT molecular complexity index is 861. The van der Waals surface area contributed by atoms with Crippen molar-refractivity contribution < 1.29 is 23.8 Å². The van der Waals surface area contributed by atoms with Crippen LogP contribution in [0.1, 0.15) is 23.2 Å². The first-order valence-corrected chi connectivity index (χ1v) is 9.53. The molecular formula is C22H26N2O5. The normalized spacial score (nSPS) is 14.2. The molecule has 7 heteroatoms. The van der Waals surface area contributed by atoms with Crippen LogP contribution < -0.4 is 19.5 Å². The van der Waals surface area contributed by atoms with Crippen molar-refractivity contribution in [2.24, 2.45) is 5.92 Å². The summed E-state index contributed by atoms with van der Waals surface area (Å²) < 4.78 is 16.1.